The molecule has 0 amide bonds. The molecule has 1 fully saturated rings. The molecule has 112 valence electrons. The molecule has 1 aromatic rings. The van der Waals surface area contributed by atoms with Gasteiger partial charge < -0.3 is 11.1 Å². The van der Waals surface area contributed by atoms with Crippen molar-refractivity contribution in [2.45, 2.75) is 58.0 Å². The second kappa shape index (κ2) is 6.78. The van der Waals surface area contributed by atoms with Crippen molar-refractivity contribution in [2.24, 2.45) is 10.7 Å². The Morgan fingerprint density at radius 3 is 2.40 bits per heavy atom. The summed E-state index contributed by atoms with van der Waals surface area (Å²) in [7, 11) is 0. The van der Waals surface area contributed by atoms with Gasteiger partial charge in [0, 0.05) is 5.54 Å². The molecule has 0 aliphatic heterocycles. The number of rotatable bonds is 2. The van der Waals surface area contributed by atoms with Crippen LogP contribution in [0.5, 0.6) is 0 Å². The molecular weight excluding hydrogens is 361 g/mol. The second-order valence-corrected chi connectivity index (χ2v) is 6.57. The maximum absolute atomic E-state index is 5.92. The SMILES string of the molecule is Cc1ccccc1C1CC(N=C(N)NC(C)(C)C)C1.I. The third-order valence-electron chi connectivity index (χ3n) is 3.57. The number of nitrogens with zero attached hydrogens (tertiary/aromatic N) is 1. The number of nitrogens with two attached hydrogens (primary N) is 1. The van der Waals surface area contributed by atoms with Crippen LogP contribution in [0.2, 0.25) is 0 Å². The molecule has 20 heavy (non-hydrogen) atoms. The fraction of sp³-hybridized carbons (Fsp3) is 0.562. The summed E-state index contributed by atoms with van der Waals surface area (Å²) < 4.78 is 0. The van der Waals surface area contributed by atoms with Gasteiger partial charge in [-0.25, -0.2) is 0 Å². The quantitative estimate of drug-likeness (QED) is 0.463. The maximum Gasteiger partial charge on any atom is 0.189 e. The summed E-state index contributed by atoms with van der Waals surface area (Å²) in [6, 6.07) is 9.00. The largest absolute Gasteiger partial charge is 0.370 e. The molecule has 1 aromatic carbocycles. The molecule has 0 radical (unpaired) electrons. The summed E-state index contributed by atoms with van der Waals surface area (Å²) in [6.07, 6.45) is 2.22. The summed E-state index contributed by atoms with van der Waals surface area (Å²) in [5, 5.41) is 3.21. The number of aliphatic imine (C=N–C) groups is 1. The lowest BCUT2D eigenvalue weighted by Gasteiger charge is -2.34. The van der Waals surface area contributed by atoms with Crippen LogP contribution in [-0.4, -0.2) is 17.5 Å². The fourth-order valence-electron chi connectivity index (χ4n) is 2.61. The highest BCUT2D eigenvalue weighted by molar-refractivity contribution is 14.0. The molecule has 0 spiro atoms. The minimum atomic E-state index is -0.0211. The number of halogens is 1. The minimum Gasteiger partial charge on any atom is -0.370 e. The highest BCUT2D eigenvalue weighted by atomic mass is 127. The smallest absolute Gasteiger partial charge is 0.189 e. The predicted octanol–water partition coefficient (Wildman–Crippen LogP) is 3.56. The zero-order chi connectivity index (χ0) is 14.0. The molecule has 1 aliphatic rings. The molecule has 0 atom stereocenters. The highest BCUT2D eigenvalue weighted by Gasteiger charge is 2.31. The topological polar surface area (TPSA) is 50.4 Å². The van der Waals surface area contributed by atoms with E-state index in [2.05, 4.69) is 62.3 Å². The van der Waals surface area contributed by atoms with E-state index in [1.165, 1.54) is 11.1 Å². The van der Waals surface area contributed by atoms with Crippen molar-refractivity contribution in [2.75, 3.05) is 0 Å². The van der Waals surface area contributed by atoms with Crippen molar-refractivity contribution in [3.8, 4) is 0 Å². The third-order valence-corrected chi connectivity index (χ3v) is 3.57. The number of benzene rings is 1. The molecule has 3 N–H and O–H groups in total. The number of guanidine groups is 1. The monoisotopic (exact) mass is 387 g/mol. The Balaban J connectivity index is 0.00000200. The number of aryl methyl sites for hydroxylation is 1. The average Bonchev–Trinajstić information content (AvgIpc) is 2.22. The third kappa shape index (κ3) is 4.65. The van der Waals surface area contributed by atoms with E-state index in [-0.39, 0.29) is 29.5 Å². The van der Waals surface area contributed by atoms with Gasteiger partial charge in [-0.05, 0) is 57.6 Å². The summed E-state index contributed by atoms with van der Waals surface area (Å²) in [5.74, 6) is 1.22. The second-order valence-electron chi connectivity index (χ2n) is 6.57. The van der Waals surface area contributed by atoms with Crippen molar-refractivity contribution in [3.63, 3.8) is 0 Å². The van der Waals surface area contributed by atoms with Crippen molar-refractivity contribution >= 4 is 29.9 Å². The Labute approximate surface area is 139 Å². The summed E-state index contributed by atoms with van der Waals surface area (Å²) >= 11 is 0. The first-order valence-electron chi connectivity index (χ1n) is 7.02. The highest BCUT2D eigenvalue weighted by Crippen LogP contribution is 2.39. The summed E-state index contributed by atoms with van der Waals surface area (Å²) in [6.45, 7) is 8.45. The van der Waals surface area contributed by atoms with Crippen molar-refractivity contribution < 1.29 is 0 Å². The molecule has 0 saturated heterocycles. The minimum absolute atomic E-state index is 0. The van der Waals surface area contributed by atoms with E-state index < -0.39 is 0 Å². The zero-order valence-electron chi connectivity index (χ0n) is 12.8. The van der Waals surface area contributed by atoms with Gasteiger partial charge >= 0.3 is 0 Å². The van der Waals surface area contributed by atoms with Gasteiger partial charge in [0.25, 0.3) is 0 Å². The molecule has 2 rings (SSSR count). The van der Waals surface area contributed by atoms with Gasteiger partial charge in [-0.3, -0.25) is 4.99 Å². The fourth-order valence-corrected chi connectivity index (χ4v) is 2.61. The van der Waals surface area contributed by atoms with Gasteiger partial charge in [0.1, 0.15) is 0 Å². The molecule has 0 aromatic heterocycles. The zero-order valence-corrected chi connectivity index (χ0v) is 15.1. The summed E-state index contributed by atoms with van der Waals surface area (Å²) in [4.78, 5) is 4.56. The first-order chi connectivity index (χ1) is 8.85. The molecule has 0 unspecified atom stereocenters. The Morgan fingerprint density at radius 1 is 1.25 bits per heavy atom. The van der Waals surface area contributed by atoms with Gasteiger partial charge in [-0.2, -0.15) is 0 Å². The van der Waals surface area contributed by atoms with Gasteiger partial charge in [0.15, 0.2) is 5.96 Å². The van der Waals surface area contributed by atoms with Gasteiger partial charge in [0.05, 0.1) is 6.04 Å². The average molecular weight is 387 g/mol. The van der Waals surface area contributed by atoms with E-state index >= 15 is 0 Å². The number of hydrogen-bond donors (Lipinski definition) is 2. The Morgan fingerprint density at radius 2 is 1.85 bits per heavy atom. The van der Waals surface area contributed by atoms with Gasteiger partial charge in [0.2, 0.25) is 0 Å². The molecule has 3 nitrogen and oxygen atoms in total. The van der Waals surface area contributed by atoms with Crippen LogP contribution in [0, 0.1) is 6.92 Å². The lowest BCUT2D eigenvalue weighted by Crippen LogP contribution is -2.46. The molecule has 1 aliphatic carbocycles. The molecule has 0 bridgehead atoms. The van der Waals surface area contributed by atoms with E-state index in [1.807, 2.05) is 0 Å². The van der Waals surface area contributed by atoms with Crippen LogP contribution in [-0.2, 0) is 0 Å². The van der Waals surface area contributed by atoms with Crippen molar-refractivity contribution in [1.82, 2.24) is 5.32 Å². The normalized spacial score (nSPS) is 22.7. The van der Waals surface area contributed by atoms with Gasteiger partial charge in [-0.1, -0.05) is 24.3 Å². The van der Waals surface area contributed by atoms with Crippen LogP contribution in [0.25, 0.3) is 0 Å². The molecule has 1 saturated carbocycles. The van der Waals surface area contributed by atoms with E-state index in [1.54, 1.807) is 0 Å². The number of nitrogens with one attached hydrogen (secondary N) is 1. The Hall–Kier alpha value is -0.780. The van der Waals surface area contributed by atoms with Crippen LogP contribution in [0.15, 0.2) is 29.3 Å². The van der Waals surface area contributed by atoms with E-state index in [9.17, 15) is 0 Å². The van der Waals surface area contributed by atoms with Crippen LogP contribution in [0.4, 0.5) is 0 Å². The van der Waals surface area contributed by atoms with E-state index in [0.717, 1.165) is 12.8 Å². The van der Waals surface area contributed by atoms with Gasteiger partial charge in [-0.15, -0.1) is 24.0 Å². The predicted molar refractivity (Wildman–Crippen MR) is 96.9 cm³/mol. The van der Waals surface area contributed by atoms with Crippen LogP contribution >= 0.6 is 24.0 Å². The molecular formula is C16H26IN3. The molecule has 0 heterocycles. The first-order valence-corrected chi connectivity index (χ1v) is 7.02. The van der Waals surface area contributed by atoms with Crippen LogP contribution < -0.4 is 11.1 Å². The summed E-state index contributed by atoms with van der Waals surface area (Å²) in [5.41, 5.74) is 8.76. The molecule has 4 heteroatoms. The van der Waals surface area contributed by atoms with Crippen molar-refractivity contribution in [1.29, 1.82) is 0 Å². The standard InChI is InChI=1S/C16H25N3.HI/c1-11-7-5-6-8-14(11)12-9-13(10-12)18-15(17)19-16(2,3)4;/h5-8,12-13H,9-10H2,1-4H3,(H3,17,18,19);1H. The van der Waals surface area contributed by atoms with Crippen LogP contribution in [0.3, 0.4) is 0 Å². The van der Waals surface area contributed by atoms with Crippen LogP contribution in [0.1, 0.15) is 50.7 Å². The first kappa shape index (κ1) is 17.3. The van der Waals surface area contributed by atoms with Crippen molar-refractivity contribution in [3.05, 3.63) is 35.4 Å². The Kier molecular flexibility index (Phi) is 5.86. The lowest BCUT2D eigenvalue weighted by atomic mass is 9.75. The lowest BCUT2D eigenvalue weighted by molar-refractivity contribution is 0.350. The Bertz CT molecular complexity index is 471. The van der Waals surface area contributed by atoms with E-state index in [0.29, 0.717) is 17.9 Å². The maximum atomic E-state index is 5.92. The van der Waals surface area contributed by atoms with E-state index in [4.69, 9.17) is 5.73 Å². The number of hydrogen-bond acceptors (Lipinski definition) is 1.